The molecule has 104 valence electrons. The van der Waals surface area contributed by atoms with Crippen molar-refractivity contribution in [1.29, 1.82) is 0 Å². The summed E-state index contributed by atoms with van der Waals surface area (Å²) in [6, 6.07) is 5.54. The molecule has 1 aromatic rings. The molecule has 1 amide bonds. The molecule has 0 fully saturated rings. The van der Waals surface area contributed by atoms with Crippen LogP contribution in [0.15, 0.2) is 18.2 Å². The molecule has 0 aliphatic rings. The number of ether oxygens (including phenoxy) is 1. The number of carboxylic acid groups (broad SMARTS) is 1. The Morgan fingerprint density at radius 1 is 1.37 bits per heavy atom. The standard InChI is InChI=1S/C14H19NO4/c1-4-19-12-6-5-11(7-10(12)2)8-13(16)15(3)9-14(17)18/h5-7H,4,8-9H2,1-3H3,(H,17,18). The normalized spacial score (nSPS) is 10.1. The summed E-state index contributed by atoms with van der Waals surface area (Å²) in [5, 5.41) is 8.63. The first-order chi connectivity index (χ1) is 8.93. The minimum absolute atomic E-state index is 0.191. The molecule has 1 N–H and O–H groups in total. The third-order valence-corrected chi connectivity index (χ3v) is 2.69. The summed E-state index contributed by atoms with van der Waals surface area (Å²) in [7, 11) is 1.48. The van der Waals surface area contributed by atoms with Gasteiger partial charge in [-0.05, 0) is 31.0 Å². The zero-order valence-electron chi connectivity index (χ0n) is 11.5. The van der Waals surface area contributed by atoms with Gasteiger partial charge in [-0.3, -0.25) is 9.59 Å². The van der Waals surface area contributed by atoms with Gasteiger partial charge < -0.3 is 14.7 Å². The highest BCUT2D eigenvalue weighted by Gasteiger charge is 2.13. The highest BCUT2D eigenvalue weighted by atomic mass is 16.5. The Kier molecular flexibility index (Phi) is 5.36. The van der Waals surface area contributed by atoms with Gasteiger partial charge in [0.2, 0.25) is 5.91 Å². The van der Waals surface area contributed by atoms with Gasteiger partial charge in [-0.1, -0.05) is 12.1 Å². The first kappa shape index (κ1) is 15.0. The topological polar surface area (TPSA) is 66.8 Å². The van der Waals surface area contributed by atoms with Crippen LogP contribution in [-0.2, 0) is 16.0 Å². The van der Waals surface area contributed by atoms with Gasteiger partial charge in [0.05, 0.1) is 13.0 Å². The van der Waals surface area contributed by atoms with E-state index in [0.29, 0.717) is 6.61 Å². The number of benzene rings is 1. The van der Waals surface area contributed by atoms with Gasteiger partial charge in [0.25, 0.3) is 0 Å². The summed E-state index contributed by atoms with van der Waals surface area (Å²) in [6.07, 6.45) is 0.191. The van der Waals surface area contributed by atoms with Crippen molar-refractivity contribution in [2.45, 2.75) is 20.3 Å². The molecule has 0 aliphatic heterocycles. The Balaban J connectivity index is 2.69. The van der Waals surface area contributed by atoms with Crippen molar-refractivity contribution in [3.8, 4) is 5.75 Å². The van der Waals surface area contributed by atoms with Gasteiger partial charge in [0, 0.05) is 7.05 Å². The smallest absolute Gasteiger partial charge is 0.323 e. The molecule has 1 rings (SSSR count). The zero-order chi connectivity index (χ0) is 14.4. The van der Waals surface area contributed by atoms with Gasteiger partial charge in [-0.25, -0.2) is 0 Å². The van der Waals surface area contributed by atoms with E-state index in [-0.39, 0.29) is 18.9 Å². The predicted molar refractivity (Wildman–Crippen MR) is 71.3 cm³/mol. The molecule has 0 saturated heterocycles. The van der Waals surface area contributed by atoms with Gasteiger partial charge in [0.15, 0.2) is 0 Å². The van der Waals surface area contributed by atoms with Crippen LogP contribution in [0.5, 0.6) is 5.75 Å². The number of nitrogens with zero attached hydrogens (tertiary/aromatic N) is 1. The van der Waals surface area contributed by atoms with Crippen LogP contribution < -0.4 is 4.74 Å². The first-order valence-electron chi connectivity index (χ1n) is 6.12. The second-order valence-electron chi connectivity index (χ2n) is 4.35. The molecular weight excluding hydrogens is 246 g/mol. The maximum atomic E-state index is 11.8. The van der Waals surface area contributed by atoms with Crippen molar-refractivity contribution in [2.24, 2.45) is 0 Å². The number of hydrogen-bond donors (Lipinski definition) is 1. The largest absolute Gasteiger partial charge is 0.494 e. The summed E-state index contributed by atoms with van der Waals surface area (Å²) < 4.78 is 5.42. The fourth-order valence-electron chi connectivity index (χ4n) is 1.74. The number of carbonyl (C=O) groups excluding carboxylic acids is 1. The molecule has 0 aliphatic carbocycles. The maximum Gasteiger partial charge on any atom is 0.323 e. The molecular formula is C14H19NO4. The fourth-order valence-corrected chi connectivity index (χ4v) is 1.74. The van der Waals surface area contributed by atoms with Crippen LogP contribution in [0, 0.1) is 6.92 Å². The van der Waals surface area contributed by atoms with E-state index in [0.717, 1.165) is 16.9 Å². The van der Waals surface area contributed by atoms with E-state index >= 15 is 0 Å². The fraction of sp³-hybridized carbons (Fsp3) is 0.429. The Morgan fingerprint density at radius 3 is 2.58 bits per heavy atom. The Labute approximate surface area is 112 Å². The number of aryl methyl sites for hydroxylation is 1. The first-order valence-corrected chi connectivity index (χ1v) is 6.12. The second kappa shape index (κ2) is 6.78. The van der Waals surface area contributed by atoms with Gasteiger partial charge >= 0.3 is 5.97 Å². The molecule has 0 saturated carbocycles. The van der Waals surface area contributed by atoms with Crippen LogP contribution in [0.25, 0.3) is 0 Å². The quantitative estimate of drug-likeness (QED) is 0.846. The lowest BCUT2D eigenvalue weighted by atomic mass is 10.1. The lowest BCUT2D eigenvalue weighted by Crippen LogP contribution is -2.33. The molecule has 5 nitrogen and oxygen atoms in total. The summed E-state index contributed by atoms with van der Waals surface area (Å²) in [4.78, 5) is 23.5. The molecule has 0 aromatic heterocycles. The predicted octanol–water partition coefficient (Wildman–Crippen LogP) is 1.48. The maximum absolute atomic E-state index is 11.8. The zero-order valence-corrected chi connectivity index (χ0v) is 11.5. The molecule has 0 atom stereocenters. The van der Waals surface area contributed by atoms with Crippen LogP contribution in [0.1, 0.15) is 18.1 Å². The van der Waals surface area contributed by atoms with E-state index in [1.165, 1.54) is 11.9 Å². The van der Waals surface area contributed by atoms with E-state index in [1.54, 1.807) is 0 Å². The monoisotopic (exact) mass is 265 g/mol. The average Bonchev–Trinajstić information content (AvgIpc) is 2.32. The lowest BCUT2D eigenvalue weighted by Gasteiger charge is -2.15. The Bertz CT molecular complexity index is 471. The molecule has 0 unspecified atom stereocenters. The number of amides is 1. The van der Waals surface area contributed by atoms with Crippen LogP contribution in [0.2, 0.25) is 0 Å². The molecule has 0 heterocycles. The van der Waals surface area contributed by atoms with Gasteiger partial charge in [0.1, 0.15) is 12.3 Å². The SMILES string of the molecule is CCOc1ccc(CC(=O)N(C)CC(=O)O)cc1C. The van der Waals surface area contributed by atoms with Crippen molar-refractivity contribution in [1.82, 2.24) is 4.90 Å². The summed E-state index contributed by atoms with van der Waals surface area (Å²) in [6.45, 7) is 4.15. The number of likely N-dealkylation sites (N-methyl/N-ethyl adjacent to an activating group) is 1. The molecule has 19 heavy (non-hydrogen) atoms. The number of carboxylic acids is 1. The molecule has 0 radical (unpaired) electrons. The summed E-state index contributed by atoms with van der Waals surface area (Å²) >= 11 is 0. The van der Waals surface area contributed by atoms with Crippen LogP contribution in [0.3, 0.4) is 0 Å². The van der Waals surface area contributed by atoms with Crippen LogP contribution >= 0.6 is 0 Å². The van der Waals surface area contributed by atoms with Crippen molar-refractivity contribution >= 4 is 11.9 Å². The number of hydrogen-bond acceptors (Lipinski definition) is 3. The molecule has 5 heteroatoms. The van der Waals surface area contributed by atoms with E-state index in [9.17, 15) is 9.59 Å². The van der Waals surface area contributed by atoms with Crippen LogP contribution in [-0.4, -0.2) is 42.1 Å². The minimum atomic E-state index is -1.02. The highest BCUT2D eigenvalue weighted by molar-refractivity contribution is 5.82. The number of aliphatic carboxylic acids is 1. The minimum Gasteiger partial charge on any atom is -0.494 e. The van der Waals surface area contributed by atoms with E-state index in [2.05, 4.69) is 0 Å². The number of carbonyl (C=O) groups is 2. The van der Waals surface area contributed by atoms with Crippen molar-refractivity contribution in [3.63, 3.8) is 0 Å². The van der Waals surface area contributed by atoms with E-state index < -0.39 is 5.97 Å². The van der Waals surface area contributed by atoms with Crippen molar-refractivity contribution in [2.75, 3.05) is 20.2 Å². The molecule has 1 aromatic carbocycles. The Hall–Kier alpha value is -2.04. The lowest BCUT2D eigenvalue weighted by molar-refractivity contribution is -0.143. The average molecular weight is 265 g/mol. The third-order valence-electron chi connectivity index (χ3n) is 2.69. The third kappa shape index (κ3) is 4.62. The van der Waals surface area contributed by atoms with Crippen LogP contribution in [0.4, 0.5) is 0 Å². The van der Waals surface area contributed by atoms with E-state index in [1.807, 2.05) is 32.0 Å². The molecule has 0 spiro atoms. The summed E-state index contributed by atoms with van der Waals surface area (Å²) in [5.74, 6) is -0.428. The second-order valence-corrected chi connectivity index (χ2v) is 4.35. The van der Waals surface area contributed by atoms with E-state index in [4.69, 9.17) is 9.84 Å². The van der Waals surface area contributed by atoms with Gasteiger partial charge in [-0.15, -0.1) is 0 Å². The number of rotatable bonds is 6. The molecule has 0 bridgehead atoms. The van der Waals surface area contributed by atoms with Gasteiger partial charge in [-0.2, -0.15) is 0 Å². The Morgan fingerprint density at radius 2 is 2.05 bits per heavy atom. The van der Waals surface area contributed by atoms with Crippen molar-refractivity contribution < 1.29 is 19.4 Å². The summed E-state index contributed by atoms with van der Waals surface area (Å²) in [5.41, 5.74) is 1.82. The van der Waals surface area contributed by atoms with Crippen molar-refractivity contribution in [3.05, 3.63) is 29.3 Å². The highest BCUT2D eigenvalue weighted by Crippen LogP contribution is 2.19.